The number of benzene rings is 1. The van der Waals surface area contributed by atoms with Gasteiger partial charge in [-0.05, 0) is 44.7 Å². The molecule has 0 N–H and O–H groups in total. The van der Waals surface area contributed by atoms with Crippen molar-refractivity contribution in [2.75, 3.05) is 31.1 Å². The lowest BCUT2D eigenvalue weighted by atomic mass is 10.0. The number of carbonyl (C=O) groups excluding carboxylic acids is 1. The molecule has 4 rings (SSSR count). The number of aryl methyl sites for hydroxylation is 1. The lowest BCUT2D eigenvalue weighted by Crippen LogP contribution is -2.39. The summed E-state index contributed by atoms with van der Waals surface area (Å²) in [6, 6.07) is 6.64. The zero-order chi connectivity index (χ0) is 17.2. The van der Waals surface area contributed by atoms with Crippen molar-refractivity contribution in [1.82, 2.24) is 19.7 Å². The molecule has 132 valence electrons. The van der Waals surface area contributed by atoms with E-state index in [1.807, 2.05) is 9.58 Å². The van der Waals surface area contributed by atoms with Gasteiger partial charge in [0.05, 0.1) is 11.6 Å². The highest BCUT2D eigenvalue weighted by atomic mass is 16.2. The third-order valence-electron chi connectivity index (χ3n) is 5.39. The third kappa shape index (κ3) is 3.25. The maximum Gasteiger partial charge on any atom is 0.255 e. The van der Waals surface area contributed by atoms with Crippen LogP contribution in [-0.4, -0.2) is 51.8 Å². The van der Waals surface area contributed by atoms with Crippen LogP contribution in [0.5, 0.6) is 0 Å². The van der Waals surface area contributed by atoms with Crippen LogP contribution in [-0.2, 0) is 0 Å². The van der Waals surface area contributed by atoms with Gasteiger partial charge in [-0.15, -0.1) is 0 Å². The summed E-state index contributed by atoms with van der Waals surface area (Å²) in [6.07, 6.45) is 7.64. The molecule has 0 radical (unpaired) electrons. The zero-order valence-electron chi connectivity index (χ0n) is 14.8. The van der Waals surface area contributed by atoms with Crippen LogP contribution in [0, 0.1) is 6.92 Å². The molecule has 6 heteroatoms. The van der Waals surface area contributed by atoms with Gasteiger partial charge >= 0.3 is 0 Å². The van der Waals surface area contributed by atoms with Crippen LogP contribution in [0.25, 0.3) is 0 Å². The second-order valence-electron chi connectivity index (χ2n) is 7.11. The number of nitrogens with zero attached hydrogens (tertiary/aromatic N) is 5. The Balaban J connectivity index is 1.50. The molecule has 0 saturated carbocycles. The maximum atomic E-state index is 13.2. The summed E-state index contributed by atoms with van der Waals surface area (Å²) in [4.78, 5) is 21.6. The monoisotopic (exact) mass is 339 g/mol. The Morgan fingerprint density at radius 2 is 1.88 bits per heavy atom. The average Bonchev–Trinajstić information content (AvgIpc) is 3.35. The van der Waals surface area contributed by atoms with E-state index < -0.39 is 0 Å². The lowest BCUT2D eigenvalue weighted by molar-refractivity contribution is 0.0690. The molecule has 0 atom stereocenters. The fraction of sp³-hybridized carbons (Fsp3) is 0.526. The van der Waals surface area contributed by atoms with Crippen molar-refractivity contribution >= 4 is 11.6 Å². The van der Waals surface area contributed by atoms with Crippen LogP contribution in [0.15, 0.2) is 30.9 Å². The van der Waals surface area contributed by atoms with Gasteiger partial charge in [0.15, 0.2) is 0 Å². The SMILES string of the molecule is Cc1ccc(N2CCCC2)c(C(=O)N2CCC(n3cncn3)CC2)c1. The fourth-order valence-corrected chi connectivity index (χ4v) is 3.96. The van der Waals surface area contributed by atoms with E-state index in [9.17, 15) is 4.79 Å². The van der Waals surface area contributed by atoms with E-state index in [1.165, 1.54) is 12.8 Å². The number of piperidine rings is 1. The summed E-state index contributed by atoms with van der Waals surface area (Å²) in [7, 11) is 0. The summed E-state index contributed by atoms with van der Waals surface area (Å²) >= 11 is 0. The molecule has 1 aromatic heterocycles. The summed E-state index contributed by atoms with van der Waals surface area (Å²) < 4.78 is 1.92. The molecule has 6 nitrogen and oxygen atoms in total. The molecular weight excluding hydrogens is 314 g/mol. The van der Waals surface area contributed by atoms with Crippen LogP contribution in [0.1, 0.15) is 47.6 Å². The molecule has 0 bridgehead atoms. The Morgan fingerprint density at radius 1 is 1.12 bits per heavy atom. The topological polar surface area (TPSA) is 54.3 Å². The summed E-state index contributed by atoms with van der Waals surface area (Å²) in [5, 5.41) is 4.24. The number of hydrogen-bond acceptors (Lipinski definition) is 4. The van der Waals surface area contributed by atoms with Crippen molar-refractivity contribution in [1.29, 1.82) is 0 Å². The Bertz CT molecular complexity index is 728. The molecule has 0 aliphatic carbocycles. The van der Waals surface area contributed by atoms with E-state index in [2.05, 4.69) is 40.1 Å². The van der Waals surface area contributed by atoms with Gasteiger partial charge in [0.25, 0.3) is 5.91 Å². The molecule has 2 aliphatic rings. The second-order valence-corrected chi connectivity index (χ2v) is 7.11. The van der Waals surface area contributed by atoms with Crippen LogP contribution >= 0.6 is 0 Å². The molecule has 3 heterocycles. The van der Waals surface area contributed by atoms with Gasteiger partial charge in [-0.25, -0.2) is 9.67 Å². The van der Waals surface area contributed by atoms with Crippen LogP contribution in [0.2, 0.25) is 0 Å². The number of carbonyl (C=O) groups is 1. The van der Waals surface area contributed by atoms with E-state index >= 15 is 0 Å². The highest BCUT2D eigenvalue weighted by molar-refractivity contribution is 6.00. The highest BCUT2D eigenvalue weighted by Crippen LogP contribution is 2.29. The first kappa shape index (κ1) is 16.1. The molecule has 2 fully saturated rings. The van der Waals surface area contributed by atoms with Gasteiger partial charge in [0.2, 0.25) is 0 Å². The molecule has 0 spiro atoms. The van der Waals surface area contributed by atoms with Crippen LogP contribution < -0.4 is 4.90 Å². The van der Waals surface area contributed by atoms with Crippen molar-refractivity contribution in [3.63, 3.8) is 0 Å². The van der Waals surface area contributed by atoms with Gasteiger partial charge < -0.3 is 9.80 Å². The van der Waals surface area contributed by atoms with E-state index in [1.54, 1.807) is 12.7 Å². The maximum absolute atomic E-state index is 13.2. The first-order valence-electron chi connectivity index (χ1n) is 9.21. The van der Waals surface area contributed by atoms with Gasteiger partial charge in [0, 0.05) is 31.9 Å². The van der Waals surface area contributed by atoms with Crippen LogP contribution in [0.3, 0.4) is 0 Å². The van der Waals surface area contributed by atoms with Crippen molar-refractivity contribution in [2.45, 2.75) is 38.6 Å². The van der Waals surface area contributed by atoms with Gasteiger partial charge in [-0.2, -0.15) is 5.10 Å². The standard InChI is InChI=1S/C19H25N5O/c1-15-4-5-18(22-8-2-3-9-22)17(12-15)19(25)23-10-6-16(7-11-23)24-14-20-13-21-24/h4-5,12-14,16H,2-3,6-11H2,1H3. The molecule has 2 aliphatic heterocycles. The molecule has 1 amide bonds. The van der Waals surface area contributed by atoms with Crippen molar-refractivity contribution in [3.8, 4) is 0 Å². The second kappa shape index (κ2) is 6.86. The minimum atomic E-state index is 0.169. The number of anilines is 1. The predicted octanol–water partition coefficient (Wildman–Crippen LogP) is 2.66. The largest absolute Gasteiger partial charge is 0.371 e. The quantitative estimate of drug-likeness (QED) is 0.863. The lowest BCUT2D eigenvalue weighted by Gasteiger charge is -2.33. The molecule has 1 aromatic carbocycles. The van der Waals surface area contributed by atoms with E-state index in [-0.39, 0.29) is 5.91 Å². The van der Waals surface area contributed by atoms with E-state index in [0.717, 1.165) is 55.8 Å². The van der Waals surface area contributed by atoms with Crippen molar-refractivity contribution < 1.29 is 4.79 Å². The summed E-state index contributed by atoms with van der Waals surface area (Å²) in [6.45, 7) is 5.71. The first-order valence-corrected chi connectivity index (χ1v) is 9.21. The molecule has 2 saturated heterocycles. The Labute approximate surface area is 148 Å². The number of rotatable bonds is 3. The minimum absolute atomic E-state index is 0.169. The van der Waals surface area contributed by atoms with E-state index in [4.69, 9.17) is 0 Å². The Hall–Kier alpha value is -2.37. The molecular formula is C19H25N5O. The molecule has 0 unspecified atom stereocenters. The van der Waals surface area contributed by atoms with Crippen molar-refractivity contribution in [2.24, 2.45) is 0 Å². The summed E-state index contributed by atoms with van der Waals surface area (Å²) in [5.41, 5.74) is 3.11. The van der Waals surface area contributed by atoms with Crippen LogP contribution in [0.4, 0.5) is 5.69 Å². The third-order valence-corrected chi connectivity index (χ3v) is 5.39. The average molecular weight is 339 g/mol. The predicted molar refractivity (Wildman–Crippen MR) is 96.8 cm³/mol. The van der Waals surface area contributed by atoms with E-state index in [0.29, 0.717) is 6.04 Å². The highest BCUT2D eigenvalue weighted by Gasteiger charge is 2.27. The smallest absolute Gasteiger partial charge is 0.255 e. The summed E-state index contributed by atoms with van der Waals surface area (Å²) in [5.74, 6) is 0.169. The Kier molecular flexibility index (Phi) is 4.42. The Morgan fingerprint density at radius 3 is 2.56 bits per heavy atom. The molecule has 2 aromatic rings. The number of amides is 1. The number of likely N-dealkylation sites (tertiary alicyclic amines) is 1. The fourth-order valence-electron chi connectivity index (χ4n) is 3.96. The number of aromatic nitrogens is 3. The normalized spacial score (nSPS) is 18.8. The van der Waals surface area contributed by atoms with Gasteiger partial charge in [-0.1, -0.05) is 11.6 Å². The van der Waals surface area contributed by atoms with Gasteiger partial charge in [-0.3, -0.25) is 4.79 Å². The number of hydrogen-bond donors (Lipinski definition) is 0. The van der Waals surface area contributed by atoms with Gasteiger partial charge in [0.1, 0.15) is 12.7 Å². The molecule has 25 heavy (non-hydrogen) atoms. The van der Waals surface area contributed by atoms with Crippen molar-refractivity contribution in [3.05, 3.63) is 42.0 Å². The zero-order valence-corrected chi connectivity index (χ0v) is 14.8. The minimum Gasteiger partial charge on any atom is -0.371 e. The first-order chi connectivity index (χ1) is 12.2.